The van der Waals surface area contributed by atoms with E-state index in [2.05, 4.69) is 47.2 Å². The third kappa shape index (κ3) is 5.17. The Bertz CT molecular complexity index is 1530. The maximum atomic E-state index is 13.0. The van der Waals surface area contributed by atoms with Gasteiger partial charge in [-0.2, -0.15) is 0 Å². The SMILES string of the molecule is Cc1cc(NC(=O)c2ncc(N(C)C)c(C#Cc3nnc4cccc(Cl)n34)n2)cnc1N1CCCCC1. The molecule has 4 aromatic rings. The molecule has 1 saturated heterocycles. The van der Waals surface area contributed by atoms with Gasteiger partial charge in [0.1, 0.15) is 16.7 Å². The highest BCUT2D eigenvalue weighted by atomic mass is 35.5. The molecule has 0 atom stereocenters. The van der Waals surface area contributed by atoms with Gasteiger partial charge in [0.05, 0.1) is 23.8 Å². The molecule has 0 spiro atoms. The van der Waals surface area contributed by atoms with Gasteiger partial charge < -0.3 is 15.1 Å². The second-order valence-corrected chi connectivity index (χ2v) is 9.39. The Kier molecular flexibility index (Phi) is 6.88. The van der Waals surface area contributed by atoms with Crippen LogP contribution in [0.1, 0.15) is 47.0 Å². The van der Waals surface area contributed by atoms with Gasteiger partial charge in [0.25, 0.3) is 5.91 Å². The van der Waals surface area contributed by atoms with Gasteiger partial charge in [-0.05, 0) is 61.8 Å². The predicted molar refractivity (Wildman–Crippen MR) is 143 cm³/mol. The van der Waals surface area contributed by atoms with Crippen LogP contribution in [0.15, 0.2) is 36.7 Å². The Hall–Kier alpha value is -4.23. The minimum absolute atomic E-state index is 0.00297. The summed E-state index contributed by atoms with van der Waals surface area (Å²) in [6.45, 7) is 4.02. The molecular formula is C26H26ClN9O. The smallest absolute Gasteiger partial charge is 0.293 e. The molecule has 37 heavy (non-hydrogen) atoms. The number of piperidine rings is 1. The number of hydrogen-bond donors (Lipinski definition) is 1. The van der Waals surface area contributed by atoms with E-state index >= 15 is 0 Å². The molecule has 4 aromatic heterocycles. The number of anilines is 3. The van der Waals surface area contributed by atoms with Gasteiger partial charge in [0, 0.05) is 27.2 Å². The average Bonchev–Trinajstić information content (AvgIpc) is 3.32. The molecule has 1 aliphatic heterocycles. The number of aromatic nitrogens is 6. The Morgan fingerprint density at radius 2 is 1.89 bits per heavy atom. The summed E-state index contributed by atoms with van der Waals surface area (Å²) >= 11 is 6.30. The van der Waals surface area contributed by atoms with Crippen LogP contribution in [-0.2, 0) is 0 Å². The molecule has 0 unspecified atom stereocenters. The van der Waals surface area contributed by atoms with E-state index in [1.807, 2.05) is 32.0 Å². The normalized spacial score (nSPS) is 13.2. The molecule has 0 saturated carbocycles. The van der Waals surface area contributed by atoms with E-state index in [0.29, 0.717) is 33.7 Å². The predicted octanol–water partition coefficient (Wildman–Crippen LogP) is 3.58. The topological polar surface area (TPSA) is 104 Å². The highest BCUT2D eigenvalue weighted by Gasteiger charge is 2.17. The Morgan fingerprint density at radius 3 is 2.65 bits per heavy atom. The van der Waals surface area contributed by atoms with E-state index in [0.717, 1.165) is 24.5 Å². The number of nitrogens with zero attached hydrogens (tertiary/aromatic N) is 8. The fourth-order valence-corrected chi connectivity index (χ4v) is 4.50. The van der Waals surface area contributed by atoms with Gasteiger partial charge in [0.2, 0.25) is 11.6 Å². The van der Waals surface area contributed by atoms with Crippen molar-refractivity contribution in [3.05, 3.63) is 64.7 Å². The number of nitrogens with one attached hydrogen (secondary N) is 1. The third-order valence-electron chi connectivity index (χ3n) is 6.09. The van der Waals surface area contributed by atoms with Gasteiger partial charge in [0.15, 0.2) is 5.65 Å². The number of pyridine rings is 2. The zero-order valence-electron chi connectivity index (χ0n) is 20.9. The lowest BCUT2D eigenvalue weighted by atomic mass is 10.1. The number of hydrogen-bond acceptors (Lipinski definition) is 8. The first-order valence-corrected chi connectivity index (χ1v) is 12.4. The summed E-state index contributed by atoms with van der Waals surface area (Å²) in [7, 11) is 3.70. The molecule has 5 rings (SSSR count). The third-order valence-corrected chi connectivity index (χ3v) is 6.39. The summed E-state index contributed by atoms with van der Waals surface area (Å²) in [5.41, 5.74) is 3.22. The molecule has 0 bridgehead atoms. The van der Waals surface area contributed by atoms with Crippen LogP contribution >= 0.6 is 11.6 Å². The number of rotatable bonds is 4. The van der Waals surface area contributed by atoms with Gasteiger partial charge in [-0.25, -0.2) is 15.0 Å². The van der Waals surface area contributed by atoms with Gasteiger partial charge in [-0.1, -0.05) is 17.7 Å². The van der Waals surface area contributed by atoms with Crippen molar-refractivity contribution in [3.8, 4) is 11.8 Å². The highest BCUT2D eigenvalue weighted by molar-refractivity contribution is 6.29. The van der Waals surface area contributed by atoms with Crippen LogP contribution < -0.4 is 15.1 Å². The van der Waals surface area contributed by atoms with E-state index in [-0.39, 0.29) is 5.82 Å². The molecule has 0 aliphatic carbocycles. The van der Waals surface area contributed by atoms with Crippen molar-refractivity contribution >= 4 is 40.3 Å². The van der Waals surface area contributed by atoms with Crippen molar-refractivity contribution in [3.63, 3.8) is 0 Å². The minimum atomic E-state index is -0.448. The molecule has 0 radical (unpaired) electrons. The number of carbonyl (C=O) groups is 1. The van der Waals surface area contributed by atoms with Crippen LogP contribution in [0.25, 0.3) is 5.65 Å². The fourth-order valence-electron chi connectivity index (χ4n) is 4.26. The molecule has 11 heteroatoms. The maximum Gasteiger partial charge on any atom is 0.293 e. The van der Waals surface area contributed by atoms with Crippen LogP contribution in [0.3, 0.4) is 0 Å². The van der Waals surface area contributed by atoms with Gasteiger partial charge in [-0.15, -0.1) is 10.2 Å². The van der Waals surface area contributed by atoms with Gasteiger partial charge in [-0.3, -0.25) is 9.20 Å². The Balaban J connectivity index is 1.40. The number of halogens is 1. The van der Waals surface area contributed by atoms with Crippen LogP contribution in [0, 0.1) is 18.8 Å². The standard InChI is InChI=1S/C26H26ClN9O/c1-17-14-18(15-29-25(17)35-12-5-4-6-13-35)30-26(37)24-28-16-20(34(2)3)19(31-24)10-11-23-33-32-22-9-7-8-21(27)36(22)23/h7-9,14-16H,4-6,12-13H2,1-3H3,(H,30,37). The van der Waals surface area contributed by atoms with E-state index in [9.17, 15) is 4.79 Å². The van der Waals surface area contributed by atoms with E-state index in [4.69, 9.17) is 11.6 Å². The Morgan fingerprint density at radius 1 is 1.08 bits per heavy atom. The van der Waals surface area contributed by atoms with Crippen molar-refractivity contribution in [2.45, 2.75) is 26.2 Å². The maximum absolute atomic E-state index is 13.0. The number of fused-ring (bicyclic) bond motifs is 1. The largest absolute Gasteiger partial charge is 0.374 e. The van der Waals surface area contributed by atoms with Crippen molar-refractivity contribution < 1.29 is 4.79 Å². The first-order valence-electron chi connectivity index (χ1n) is 12.0. The molecule has 1 fully saturated rings. The van der Waals surface area contributed by atoms with E-state index in [1.165, 1.54) is 19.3 Å². The average molecular weight is 516 g/mol. The second kappa shape index (κ2) is 10.4. The summed E-state index contributed by atoms with van der Waals surface area (Å²) in [4.78, 5) is 30.5. The molecular weight excluding hydrogens is 490 g/mol. The lowest BCUT2D eigenvalue weighted by molar-refractivity contribution is 0.101. The quantitative estimate of drug-likeness (QED) is 0.325. The zero-order chi connectivity index (χ0) is 25.9. The number of carbonyl (C=O) groups excluding carboxylic acids is 1. The molecule has 10 nitrogen and oxygen atoms in total. The van der Waals surface area contributed by atoms with Crippen LogP contribution in [-0.4, -0.2) is 62.6 Å². The van der Waals surface area contributed by atoms with E-state index in [1.54, 1.807) is 35.0 Å². The molecule has 5 heterocycles. The Labute approximate surface area is 219 Å². The summed E-state index contributed by atoms with van der Waals surface area (Å²) < 4.78 is 1.64. The molecule has 0 aromatic carbocycles. The molecule has 1 amide bonds. The summed E-state index contributed by atoms with van der Waals surface area (Å²) in [5, 5.41) is 11.5. The van der Waals surface area contributed by atoms with Crippen molar-refractivity contribution in [2.24, 2.45) is 0 Å². The number of amides is 1. The molecule has 1 N–H and O–H groups in total. The van der Waals surface area contributed by atoms with Crippen molar-refractivity contribution in [1.29, 1.82) is 0 Å². The first kappa shape index (κ1) is 24.5. The zero-order valence-corrected chi connectivity index (χ0v) is 21.6. The van der Waals surface area contributed by atoms with Gasteiger partial charge >= 0.3 is 0 Å². The van der Waals surface area contributed by atoms with Crippen molar-refractivity contribution in [1.82, 2.24) is 29.5 Å². The highest BCUT2D eigenvalue weighted by Crippen LogP contribution is 2.24. The summed E-state index contributed by atoms with van der Waals surface area (Å²) in [5.74, 6) is 6.85. The summed E-state index contributed by atoms with van der Waals surface area (Å²) in [6, 6.07) is 7.24. The van der Waals surface area contributed by atoms with Crippen LogP contribution in [0.2, 0.25) is 5.15 Å². The molecule has 188 valence electrons. The van der Waals surface area contributed by atoms with Crippen LogP contribution in [0.4, 0.5) is 17.2 Å². The first-order chi connectivity index (χ1) is 17.9. The fraction of sp³-hybridized carbons (Fsp3) is 0.308. The molecule has 1 aliphatic rings. The second-order valence-electron chi connectivity index (χ2n) is 9.00. The van der Waals surface area contributed by atoms with Crippen LogP contribution in [0.5, 0.6) is 0 Å². The van der Waals surface area contributed by atoms with E-state index < -0.39 is 5.91 Å². The monoisotopic (exact) mass is 515 g/mol. The number of aryl methyl sites for hydroxylation is 1. The lowest BCUT2D eigenvalue weighted by Crippen LogP contribution is -2.30. The van der Waals surface area contributed by atoms with Crippen molar-refractivity contribution in [2.75, 3.05) is 42.3 Å². The lowest BCUT2D eigenvalue weighted by Gasteiger charge is -2.29. The summed E-state index contributed by atoms with van der Waals surface area (Å²) in [6.07, 6.45) is 6.84. The minimum Gasteiger partial charge on any atom is -0.374 e.